The lowest BCUT2D eigenvalue weighted by molar-refractivity contribution is -0.123. The summed E-state index contributed by atoms with van der Waals surface area (Å²) < 4.78 is 12.7. The first-order valence-corrected chi connectivity index (χ1v) is 13.3. The van der Waals surface area contributed by atoms with Crippen molar-refractivity contribution in [2.24, 2.45) is 0 Å². The smallest absolute Gasteiger partial charge is 0.294 e. The summed E-state index contributed by atoms with van der Waals surface area (Å²) in [5.41, 5.74) is 2.80. The van der Waals surface area contributed by atoms with Crippen molar-refractivity contribution >= 4 is 17.5 Å². The van der Waals surface area contributed by atoms with Gasteiger partial charge in [-0.3, -0.25) is 14.5 Å². The van der Waals surface area contributed by atoms with Crippen LogP contribution >= 0.6 is 0 Å². The summed E-state index contributed by atoms with van der Waals surface area (Å²) in [5.74, 6) is 0.164. The molecule has 0 bridgehead atoms. The minimum absolute atomic E-state index is 0.0703. The third kappa shape index (κ3) is 5.84. The van der Waals surface area contributed by atoms with E-state index < -0.39 is 11.9 Å². The van der Waals surface area contributed by atoms with E-state index in [0.29, 0.717) is 23.6 Å². The number of ether oxygens (including phenoxy) is 1. The Morgan fingerprint density at radius 3 is 2.56 bits per heavy atom. The van der Waals surface area contributed by atoms with Crippen molar-refractivity contribution in [1.29, 1.82) is 0 Å². The molecule has 1 atom stereocenters. The molecule has 1 N–H and O–H groups in total. The number of nitrogens with zero attached hydrogens (tertiary/aromatic N) is 5. The third-order valence-electron chi connectivity index (χ3n) is 6.97. The third-order valence-corrected chi connectivity index (χ3v) is 6.97. The van der Waals surface area contributed by atoms with E-state index in [1.807, 2.05) is 50.2 Å². The van der Waals surface area contributed by atoms with Crippen LogP contribution in [0.4, 0.5) is 5.69 Å². The average Bonchev–Trinajstić information content (AvgIpc) is 3.68. The predicted molar refractivity (Wildman–Crippen MR) is 145 cm³/mol. The van der Waals surface area contributed by atoms with Gasteiger partial charge in [0.25, 0.3) is 5.91 Å². The zero-order valence-electron chi connectivity index (χ0n) is 22.1. The highest BCUT2D eigenvalue weighted by atomic mass is 16.5. The van der Waals surface area contributed by atoms with E-state index in [9.17, 15) is 9.59 Å². The number of benzene rings is 2. The monoisotopic (exact) mass is 528 g/mol. The SMILES string of the molecule is CCOc1ccc([C@@H](C(=O)NC2CCCCC2)N(C(=O)c2ccco2)c2ccc(-n3cnnn3)c(C)c2)cc1. The summed E-state index contributed by atoms with van der Waals surface area (Å²) in [6.45, 7) is 4.35. The highest BCUT2D eigenvalue weighted by Crippen LogP contribution is 2.33. The van der Waals surface area contributed by atoms with Gasteiger partial charge in [-0.1, -0.05) is 31.4 Å². The average molecular weight is 529 g/mol. The van der Waals surface area contributed by atoms with Crippen molar-refractivity contribution in [1.82, 2.24) is 25.5 Å². The molecule has 202 valence electrons. The summed E-state index contributed by atoms with van der Waals surface area (Å²) >= 11 is 0. The first-order valence-electron chi connectivity index (χ1n) is 13.3. The van der Waals surface area contributed by atoms with E-state index in [1.165, 1.54) is 23.9 Å². The summed E-state index contributed by atoms with van der Waals surface area (Å²) in [4.78, 5) is 29.6. The highest BCUT2D eigenvalue weighted by Gasteiger charge is 2.36. The second-order valence-corrected chi connectivity index (χ2v) is 9.63. The van der Waals surface area contributed by atoms with Gasteiger partial charge in [-0.2, -0.15) is 0 Å². The number of carbonyl (C=O) groups is 2. The Morgan fingerprint density at radius 2 is 1.92 bits per heavy atom. The molecular weight excluding hydrogens is 496 g/mol. The molecule has 39 heavy (non-hydrogen) atoms. The minimum Gasteiger partial charge on any atom is -0.494 e. The molecule has 2 aromatic carbocycles. The maximum absolute atomic E-state index is 14.1. The molecule has 0 spiro atoms. The van der Waals surface area contributed by atoms with Crippen LogP contribution in [0.25, 0.3) is 5.69 Å². The number of tetrazole rings is 1. The number of aromatic nitrogens is 4. The number of anilines is 1. The molecule has 10 heteroatoms. The lowest BCUT2D eigenvalue weighted by atomic mass is 9.94. The van der Waals surface area contributed by atoms with Crippen molar-refractivity contribution in [3.63, 3.8) is 0 Å². The van der Waals surface area contributed by atoms with Gasteiger partial charge in [0.15, 0.2) is 5.76 Å². The molecule has 1 saturated carbocycles. The fourth-order valence-electron chi connectivity index (χ4n) is 5.08. The second-order valence-electron chi connectivity index (χ2n) is 9.63. The van der Waals surface area contributed by atoms with Crippen molar-refractivity contribution in [2.75, 3.05) is 11.5 Å². The van der Waals surface area contributed by atoms with E-state index in [2.05, 4.69) is 20.8 Å². The van der Waals surface area contributed by atoms with Crippen LogP contribution < -0.4 is 15.0 Å². The molecule has 0 saturated heterocycles. The van der Waals surface area contributed by atoms with Gasteiger partial charge in [-0.05, 0) is 90.7 Å². The highest BCUT2D eigenvalue weighted by molar-refractivity contribution is 6.08. The van der Waals surface area contributed by atoms with E-state index in [-0.39, 0.29) is 17.7 Å². The summed E-state index contributed by atoms with van der Waals surface area (Å²) in [6, 6.07) is 15.2. The normalized spacial score (nSPS) is 14.5. The standard InChI is InChI=1S/C29H32N6O4/c1-3-38-24-14-11-21(12-15-24)27(28(36)31-22-8-5-4-6-9-22)35(29(37)26-10-7-17-39-26)23-13-16-25(20(2)18-23)34-19-30-32-33-34/h7,10-19,22,27H,3-6,8-9H2,1-2H3,(H,31,36)/t27-/m0/s1. The van der Waals surface area contributed by atoms with E-state index in [1.54, 1.807) is 22.9 Å². The number of hydrogen-bond donors (Lipinski definition) is 1. The van der Waals surface area contributed by atoms with Gasteiger partial charge in [0, 0.05) is 11.7 Å². The van der Waals surface area contributed by atoms with Crippen molar-refractivity contribution < 1.29 is 18.7 Å². The molecule has 1 aliphatic carbocycles. The van der Waals surface area contributed by atoms with Crippen LogP contribution in [0.3, 0.4) is 0 Å². The number of nitrogens with one attached hydrogen (secondary N) is 1. The largest absolute Gasteiger partial charge is 0.494 e. The molecule has 2 aromatic heterocycles. The van der Waals surface area contributed by atoms with Crippen LogP contribution in [-0.4, -0.2) is 44.7 Å². The van der Waals surface area contributed by atoms with Crippen LogP contribution in [0.2, 0.25) is 0 Å². The molecule has 1 aliphatic rings. The lowest BCUT2D eigenvalue weighted by Crippen LogP contribution is -2.47. The van der Waals surface area contributed by atoms with E-state index in [0.717, 1.165) is 36.9 Å². The van der Waals surface area contributed by atoms with Gasteiger partial charge in [0.1, 0.15) is 18.1 Å². The molecular formula is C29H32N6O4. The molecule has 2 amide bonds. The molecule has 5 rings (SSSR count). The zero-order chi connectivity index (χ0) is 27.2. The predicted octanol–water partition coefficient (Wildman–Crippen LogP) is 4.80. The molecule has 0 radical (unpaired) electrons. The molecule has 1 fully saturated rings. The van der Waals surface area contributed by atoms with Crippen LogP contribution in [0.15, 0.2) is 71.6 Å². The number of aryl methyl sites for hydroxylation is 1. The van der Waals surface area contributed by atoms with Crippen LogP contribution in [0.1, 0.15) is 66.8 Å². The summed E-state index contributed by atoms with van der Waals surface area (Å²) in [6.07, 6.45) is 8.13. The Hall–Kier alpha value is -4.47. The fourth-order valence-corrected chi connectivity index (χ4v) is 5.08. The number of rotatable bonds is 9. The maximum Gasteiger partial charge on any atom is 0.294 e. The summed E-state index contributed by atoms with van der Waals surface area (Å²) in [5, 5.41) is 14.6. The van der Waals surface area contributed by atoms with Crippen LogP contribution in [-0.2, 0) is 4.79 Å². The van der Waals surface area contributed by atoms with E-state index in [4.69, 9.17) is 9.15 Å². The summed E-state index contributed by atoms with van der Waals surface area (Å²) in [7, 11) is 0. The fraction of sp³-hybridized carbons (Fsp3) is 0.345. The number of furan rings is 1. The second kappa shape index (κ2) is 11.9. The topological polar surface area (TPSA) is 115 Å². The van der Waals surface area contributed by atoms with Gasteiger partial charge in [0.2, 0.25) is 5.91 Å². The van der Waals surface area contributed by atoms with Crippen molar-refractivity contribution in [3.05, 3.63) is 84.1 Å². The van der Waals surface area contributed by atoms with Crippen molar-refractivity contribution in [2.45, 2.75) is 58.0 Å². The van der Waals surface area contributed by atoms with E-state index >= 15 is 0 Å². The van der Waals surface area contributed by atoms with Gasteiger partial charge in [0.05, 0.1) is 18.6 Å². The minimum atomic E-state index is -0.946. The Bertz CT molecular complexity index is 1380. The number of carbonyl (C=O) groups excluding carboxylic acids is 2. The molecule has 0 aliphatic heterocycles. The zero-order valence-corrected chi connectivity index (χ0v) is 22.1. The molecule has 0 unspecified atom stereocenters. The maximum atomic E-state index is 14.1. The van der Waals surface area contributed by atoms with Gasteiger partial charge in [-0.15, -0.1) is 5.10 Å². The molecule has 4 aromatic rings. The van der Waals surface area contributed by atoms with Gasteiger partial charge < -0.3 is 14.5 Å². The van der Waals surface area contributed by atoms with Crippen molar-refractivity contribution in [3.8, 4) is 11.4 Å². The van der Waals surface area contributed by atoms with Gasteiger partial charge >= 0.3 is 0 Å². The first-order chi connectivity index (χ1) is 19.0. The number of amides is 2. The molecule has 10 nitrogen and oxygen atoms in total. The first kappa shape index (κ1) is 26.1. The van der Waals surface area contributed by atoms with Crippen LogP contribution in [0.5, 0.6) is 5.75 Å². The Labute approximate surface area is 227 Å². The quantitative estimate of drug-likeness (QED) is 0.332. The lowest BCUT2D eigenvalue weighted by Gasteiger charge is -2.33. The number of hydrogen-bond acceptors (Lipinski definition) is 7. The molecule has 2 heterocycles. The van der Waals surface area contributed by atoms with Gasteiger partial charge in [-0.25, -0.2) is 4.68 Å². The Morgan fingerprint density at radius 1 is 1.13 bits per heavy atom. The van der Waals surface area contributed by atoms with Crippen LogP contribution in [0, 0.1) is 6.92 Å². The Balaban J connectivity index is 1.59. The Kier molecular flexibility index (Phi) is 8.00.